The molecule has 178 valence electrons. The summed E-state index contributed by atoms with van der Waals surface area (Å²) in [5, 5.41) is 12.3. The van der Waals surface area contributed by atoms with Crippen LogP contribution in [0.3, 0.4) is 0 Å². The van der Waals surface area contributed by atoms with Gasteiger partial charge >= 0.3 is 5.97 Å². The largest absolute Gasteiger partial charge is 0.478 e. The lowest BCUT2D eigenvalue weighted by Crippen LogP contribution is -2.60. The van der Waals surface area contributed by atoms with Gasteiger partial charge in [0.2, 0.25) is 11.8 Å². The highest BCUT2D eigenvalue weighted by atomic mass is 16.4. The van der Waals surface area contributed by atoms with Crippen LogP contribution in [0.25, 0.3) is 0 Å². The summed E-state index contributed by atoms with van der Waals surface area (Å²) in [4.78, 5) is 41.8. The maximum atomic E-state index is 13.5. The van der Waals surface area contributed by atoms with Crippen molar-refractivity contribution in [1.82, 2.24) is 15.1 Å². The number of carboxylic acids is 1. The molecule has 1 fully saturated rings. The molecule has 1 saturated heterocycles. The van der Waals surface area contributed by atoms with Gasteiger partial charge in [0, 0.05) is 18.7 Å². The molecule has 0 radical (unpaired) electrons. The minimum absolute atomic E-state index is 0.0908. The number of rotatable bonds is 9. The first-order chi connectivity index (χ1) is 14.3. The highest BCUT2D eigenvalue weighted by Gasteiger charge is 2.39. The number of carbonyl (C=O) groups excluding carboxylic acids is 2. The summed E-state index contributed by atoms with van der Waals surface area (Å²) < 4.78 is 0. The van der Waals surface area contributed by atoms with Crippen molar-refractivity contribution in [3.8, 4) is 0 Å². The molecule has 0 aromatic heterocycles. The number of amides is 2. The number of nitrogens with one attached hydrogen (secondary N) is 1. The van der Waals surface area contributed by atoms with Crippen molar-refractivity contribution in [2.45, 2.75) is 105 Å². The second kappa shape index (κ2) is 11.7. The van der Waals surface area contributed by atoms with Gasteiger partial charge in [-0.05, 0) is 51.5 Å². The van der Waals surface area contributed by atoms with Gasteiger partial charge in [-0.25, -0.2) is 4.79 Å². The topological polar surface area (TPSA) is 90.0 Å². The van der Waals surface area contributed by atoms with Crippen LogP contribution in [-0.4, -0.2) is 70.4 Å². The highest BCUT2D eigenvalue weighted by molar-refractivity contribution is 5.91. The Morgan fingerprint density at radius 1 is 1.19 bits per heavy atom. The van der Waals surface area contributed by atoms with Gasteiger partial charge in [-0.15, -0.1) is 0 Å². The molecular weight excluding hydrogens is 394 g/mol. The van der Waals surface area contributed by atoms with Crippen LogP contribution in [-0.2, 0) is 14.4 Å². The highest BCUT2D eigenvalue weighted by Crippen LogP contribution is 2.25. The van der Waals surface area contributed by atoms with E-state index in [1.165, 1.54) is 6.92 Å². The van der Waals surface area contributed by atoms with Crippen LogP contribution < -0.4 is 5.32 Å². The van der Waals surface area contributed by atoms with Crippen LogP contribution in [0.15, 0.2) is 11.6 Å². The van der Waals surface area contributed by atoms with Gasteiger partial charge in [0.05, 0.1) is 12.1 Å². The van der Waals surface area contributed by atoms with Gasteiger partial charge < -0.3 is 15.3 Å². The molecule has 7 heteroatoms. The second-order valence-corrected chi connectivity index (χ2v) is 9.89. The smallest absolute Gasteiger partial charge is 0.331 e. The van der Waals surface area contributed by atoms with E-state index in [1.807, 2.05) is 27.7 Å². The molecule has 0 bridgehead atoms. The molecule has 7 nitrogen and oxygen atoms in total. The van der Waals surface area contributed by atoms with Gasteiger partial charge in [0.1, 0.15) is 6.04 Å². The Morgan fingerprint density at radius 2 is 1.81 bits per heavy atom. The van der Waals surface area contributed by atoms with E-state index in [-0.39, 0.29) is 29.5 Å². The summed E-state index contributed by atoms with van der Waals surface area (Å²) in [6, 6.07) is -0.950. The standard InChI is InChI=1S/C24H43N3O4/c1-9-17(4)27-14-12-11-13-19(27)21(28)25-20(24(5,6)7)22(29)26(8)18(10-2)15-16(3)23(30)31/h15,17-20H,9-14H2,1-8H3,(H,25,28)(H,30,31)/t17?,18-,19+,20+/m0/s1. The average Bonchev–Trinajstić information content (AvgIpc) is 2.72. The third-order valence-corrected chi connectivity index (χ3v) is 6.45. The minimum Gasteiger partial charge on any atom is -0.478 e. The predicted molar refractivity (Wildman–Crippen MR) is 124 cm³/mol. The van der Waals surface area contributed by atoms with E-state index in [2.05, 4.69) is 24.1 Å². The van der Waals surface area contributed by atoms with Crippen molar-refractivity contribution in [1.29, 1.82) is 0 Å². The number of hydrogen-bond acceptors (Lipinski definition) is 4. The molecule has 2 N–H and O–H groups in total. The van der Waals surface area contributed by atoms with Crippen LogP contribution in [0.2, 0.25) is 0 Å². The van der Waals surface area contributed by atoms with Gasteiger partial charge in [0.15, 0.2) is 0 Å². The zero-order chi connectivity index (χ0) is 23.9. The maximum Gasteiger partial charge on any atom is 0.331 e. The molecule has 4 atom stereocenters. The van der Waals surface area contributed by atoms with E-state index in [0.29, 0.717) is 12.5 Å². The molecule has 1 rings (SSSR count). The summed E-state index contributed by atoms with van der Waals surface area (Å²) in [5.74, 6) is -1.29. The molecule has 1 heterocycles. The van der Waals surface area contributed by atoms with Crippen LogP contribution in [0.4, 0.5) is 0 Å². The average molecular weight is 438 g/mol. The van der Waals surface area contributed by atoms with E-state index in [1.54, 1.807) is 18.0 Å². The lowest BCUT2D eigenvalue weighted by atomic mass is 9.85. The quantitative estimate of drug-likeness (QED) is 0.539. The first kappa shape index (κ1) is 27.1. The number of carboxylic acid groups (broad SMARTS) is 1. The monoisotopic (exact) mass is 437 g/mol. The third kappa shape index (κ3) is 7.34. The first-order valence-electron chi connectivity index (χ1n) is 11.6. The molecule has 0 aromatic rings. The molecule has 0 aromatic carbocycles. The van der Waals surface area contributed by atoms with Crippen LogP contribution in [0.5, 0.6) is 0 Å². The van der Waals surface area contributed by atoms with E-state index in [9.17, 15) is 19.5 Å². The summed E-state index contributed by atoms with van der Waals surface area (Å²) in [7, 11) is 1.68. The Morgan fingerprint density at radius 3 is 2.29 bits per heavy atom. The van der Waals surface area contributed by atoms with Crippen molar-refractivity contribution < 1.29 is 19.5 Å². The number of likely N-dealkylation sites (N-methyl/N-ethyl adjacent to an activating group) is 1. The van der Waals surface area contributed by atoms with Crippen LogP contribution in [0.1, 0.15) is 80.6 Å². The minimum atomic E-state index is -0.998. The fourth-order valence-electron chi connectivity index (χ4n) is 4.12. The fourth-order valence-corrected chi connectivity index (χ4v) is 4.12. The van der Waals surface area contributed by atoms with Gasteiger partial charge in [-0.1, -0.05) is 47.1 Å². The van der Waals surface area contributed by atoms with E-state index < -0.39 is 17.4 Å². The van der Waals surface area contributed by atoms with Gasteiger partial charge in [-0.3, -0.25) is 14.5 Å². The van der Waals surface area contributed by atoms with Crippen molar-refractivity contribution in [3.63, 3.8) is 0 Å². The molecule has 2 amide bonds. The van der Waals surface area contributed by atoms with Gasteiger partial charge in [-0.2, -0.15) is 0 Å². The number of carbonyl (C=O) groups is 3. The zero-order valence-corrected chi connectivity index (χ0v) is 20.7. The molecule has 31 heavy (non-hydrogen) atoms. The Bertz CT molecular complexity index is 668. The molecular formula is C24H43N3O4. The second-order valence-electron chi connectivity index (χ2n) is 9.89. The number of hydrogen-bond donors (Lipinski definition) is 2. The summed E-state index contributed by atoms with van der Waals surface area (Å²) >= 11 is 0. The van der Waals surface area contributed by atoms with E-state index in [4.69, 9.17) is 0 Å². The number of piperidine rings is 1. The molecule has 0 spiro atoms. The molecule has 0 aliphatic carbocycles. The molecule has 1 aliphatic heterocycles. The van der Waals surface area contributed by atoms with Crippen LogP contribution >= 0.6 is 0 Å². The van der Waals surface area contributed by atoms with Crippen molar-refractivity contribution in [2.24, 2.45) is 5.41 Å². The van der Waals surface area contributed by atoms with Gasteiger partial charge in [0.25, 0.3) is 0 Å². The maximum absolute atomic E-state index is 13.5. The number of likely N-dealkylation sites (tertiary alicyclic amines) is 1. The molecule has 1 unspecified atom stereocenters. The third-order valence-electron chi connectivity index (χ3n) is 6.45. The Balaban J connectivity index is 3.10. The molecule has 0 saturated carbocycles. The van der Waals surface area contributed by atoms with E-state index in [0.717, 1.165) is 32.2 Å². The normalized spacial score (nSPS) is 21.2. The number of nitrogens with zero attached hydrogens (tertiary/aromatic N) is 2. The number of aliphatic carboxylic acids is 1. The summed E-state index contributed by atoms with van der Waals surface area (Å²) in [5.41, 5.74) is -0.282. The predicted octanol–water partition coefficient (Wildman–Crippen LogP) is 3.44. The molecule has 1 aliphatic rings. The Labute approximate surface area is 188 Å². The zero-order valence-electron chi connectivity index (χ0n) is 20.7. The Kier molecular flexibility index (Phi) is 10.2. The SMILES string of the molecule is CCC(C)N1CCCC[C@@H]1C(=O)N[C@H](C(=O)N(C)[C@H](C=C(C)C(=O)O)CC)C(C)(C)C. The van der Waals surface area contributed by atoms with Crippen molar-refractivity contribution >= 4 is 17.8 Å². The van der Waals surface area contributed by atoms with Crippen molar-refractivity contribution in [2.75, 3.05) is 13.6 Å². The van der Waals surface area contributed by atoms with E-state index >= 15 is 0 Å². The summed E-state index contributed by atoms with van der Waals surface area (Å²) in [6.07, 6.45) is 6.06. The lowest BCUT2D eigenvalue weighted by Gasteiger charge is -2.41. The first-order valence-corrected chi connectivity index (χ1v) is 11.6. The lowest BCUT2D eigenvalue weighted by molar-refractivity contribution is -0.141. The fraction of sp³-hybridized carbons (Fsp3) is 0.792. The Hall–Kier alpha value is -1.89. The van der Waals surface area contributed by atoms with Crippen LogP contribution in [0, 0.1) is 5.41 Å². The summed E-state index contributed by atoms with van der Waals surface area (Å²) in [6.45, 7) is 14.4. The van der Waals surface area contributed by atoms with Crippen molar-refractivity contribution in [3.05, 3.63) is 11.6 Å².